The number of halogens is 3. The van der Waals surface area contributed by atoms with Gasteiger partial charge in [-0.05, 0) is 42.0 Å². The monoisotopic (exact) mass is 498 g/mol. The zero-order chi connectivity index (χ0) is 22.4. The van der Waals surface area contributed by atoms with Crippen LogP contribution in [0.2, 0.25) is 15.1 Å². The first-order chi connectivity index (χ1) is 14.7. The van der Waals surface area contributed by atoms with Crippen molar-refractivity contribution in [3.63, 3.8) is 0 Å². The molecule has 0 spiro atoms. The van der Waals surface area contributed by atoms with E-state index in [9.17, 15) is 13.2 Å². The van der Waals surface area contributed by atoms with Gasteiger partial charge < -0.3 is 10.1 Å². The van der Waals surface area contributed by atoms with Gasteiger partial charge in [-0.2, -0.15) is 0 Å². The molecule has 31 heavy (non-hydrogen) atoms. The summed E-state index contributed by atoms with van der Waals surface area (Å²) in [5.41, 5.74) is 1.21. The zero-order valence-electron chi connectivity index (χ0n) is 15.9. The van der Waals surface area contributed by atoms with E-state index in [-0.39, 0.29) is 33.8 Å². The first-order valence-corrected chi connectivity index (χ1v) is 11.6. The predicted molar refractivity (Wildman–Crippen MR) is 123 cm³/mol. The Morgan fingerprint density at radius 1 is 0.903 bits per heavy atom. The number of carbonyl (C=O) groups is 1. The Morgan fingerprint density at radius 3 is 2.32 bits per heavy atom. The molecule has 3 rings (SSSR count). The molecule has 0 atom stereocenters. The fourth-order valence-corrected chi connectivity index (χ4v) is 4.34. The van der Waals surface area contributed by atoms with E-state index < -0.39 is 15.9 Å². The summed E-state index contributed by atoms with van der Waals surface area (Å²) in [5.74, 6) is -0.303. The van der Waals surface area contributed by atoms with E-state index >= 15 is 0 Å². The molecule has 0 saturated heterocycles. The SMILES string of the molecule is O=C(COc1ccc(S(=O)(=O)NCc2ccccc2)cc1Cl)Nc1ccc(Cl)cc1Cl. The van der Waals surface area contributed by atoms with E-state index in [1.807, 2.05) is 30.3 Å². The molecule has 2 N–H and O–H groups in total. The predicted octanol–water partition coefficient (Wildman–Crippen LogP) is 5.14. The van der Waals surface area contributed by atoms with Gasteiger partial charge in [0.2, 0.25) is 10.0 Å². The number of ether oxygens (including phenoxy) is 1. The third-order valence-corrected chi connectivity index (χ3v) is 6.33. The van der Waals surface area contributed by atoms with Crippen LogP contribution in [-0.4, -0.2) is 20.9 Å². The minimum atomic E-state index is -3.77. The van der Waals surface area contributed by atoms with Crippen molar-refractivity contribution in [1.82, 2.24) is 4.72 Å². The van der Waals surface area contributed by atoms with E-state index in [0.29, 0.717) is 10.7 Å². The van der Waals surface area contributed by atoms with E-state index in [1.54, 1.807) is 12.1 Å². The van der Waals surface area contributed by atoms with Crippen molar-refractivity contribution >= 4 is 56.4 Å². The molecule has 0 aliphatic heterocycles. The third kappa shape index (κ3) is 6.59. The fraction of sp³-hybridized carbons (Fsp3) is 0.0952. The van der Waals surface area contributed by atoms with Gasteiger partial charge in [-0.1, -0.05) is 65.1 Å². The van der Waals surface area contributed by atoms with Crippen molar-refractivity contribution in [3.05, 3.63) is 87.4 Å². The number of nitrogens with one attached hydrogen (secondary N) is 2. The minimum absolute atomic E-state index is 0.0156. The minimum Gasteiger partial charge on any atom is -0.482 e. The van der Waals surface area contributed by atoms with Crippen LogP contribution in [-0.2, 0) is 21.4 Å². The van der Waals surface area contributed by atoms with E-state index in [0.717, 1.165) is 5.56 Å². The van der Waals surface area contributed by atoms with Crippen molar-refractivity contribution in [3.8, 4) is 5.75 Å². The van der Waals surface area contributed by atoms with Gasteiger partial charge in [-0.15, -0.1) is 0 Å². The standard InChI is InChI=1S/C21H17Cl3N2O4S/c22-15-6-8-19(17(23)10-15)26-21(27)13-30-20-9-7-16(11-18(20)24)31(28,29)25-12-14-4-2-1-3-5-14/h1-11,25H,12-13H2,(H,26,27). The van der Waals surface area contributed by atoms with E-state index in [1.165, 1.54) is 24.3 Å². The van der Waals surface area contributed by atoms with Gasteiger partial charge in [0.05, 0.1) is 20.6 Å². The molecule has 10 heteroatoms. The molecule has 0 aliphatic carbocycles. The zero-order valence-corrected chi connectivity index (χ0v) is 19.0. The smallest absolute Gasteiger partial charge is 0.262 e. The first-order valence-electron chi connectivity index (χ1n) is 8.95. The maximum atomic E-state index is 12.5. The molecule has 0 saturated carbocycles. The molecule has 0 fully saturated rings. The summed E-state index contributed by atoms with van der Waals surface area (Å²) in [6.07, 6.45) is 0. The molecule has 0 bridgehead atoms. The second-order valence-electron chi connectivity index (χ2n) is 6.36. The summed E-state index contributed by atoms with van der Waals surface area (Å²) in [6.45, 7) is -0.205. The van der Waals surface area contributed by atoms with Crippen LogP contribution in [0.1, 0.15) is 5.56 Å². The molecule has 0 heterocycles. The Labute approximate surface area is 195 Å². The van der Waals surface area contributed by atoms with Crippen molar-refractivity contribution in [2.45, 2.75) is 11.4 Å². The summed E-state index contributed by atoms with van der Waals surface area (Å²) in [7, 11) is -3.77. The summed E-state index contributed by atoms with van der Waals surface area (Å²) in [6, 6.07) is 17.8. The lowest BCUT2D eigenvalue weighted by Crippen LogP contribution is -2.23. The number of anilines is 1. The highest BCUT2D eigenvalue weighted by Gasteiger charge is 2.17. The summed E-state index contributed by atoms with van der Waals surface area (Å²) < 4.78 is 32.9. The molecule has 1 amide bonds. The number of carbonyl (C=O) groups excluding carboxylic acids is 1. The van der Waals surface area contributed by atoms with Crippen molar-refractivity contribution in [1.29, 1.82) is 0 Å². The van der Waals surface area contributed by atoms with Crippen LogP contribution in [0.25, 0.3) is 0 Å². The number of amides is 1. The van der Waals surface area contributed by atoms with Crippen LogP contribution in [0.15, 0.2) is 71.6 Å². The maximum Gasteiger partial charge on any atom is 0.262 e. The molecule has 3 aromatic carbocycles. The van der Waals surface area contributed by atoms with Gasteiger partial charge in [0.1, 0.15) is 5.75 Å². The average Bonchev–Trinajstić information content (AvgIpc) is 2.74. The van der Waals surface area contributed by atoms with Crippen molar-refractivity contribution in [2.75, 3.05) is 11.9 Å². The van der Waals surface area contributed by atoms with Crippen molar-refractivity contribution < 1.29 is 17.9 Å². The van der Waals surface area contributed by atoms with Crippen LogP contribution < -0.4 is 14.8 Å². The first kappa shape index (κ1) is 23.4. The molecule has 0 aromatic heterocycles. The largest absolute Gasteiger partial charge is 0.482 e. The molecular weight excluding hydrogens is 483 g/mol. The lowest BCUT2D eigenvalue weighted by Gasteiger charge is -2.12. The number of hydrogen-bond acceptors (Lipinski definition) is 4. The lowest BCUT2D eigenvalue weighted by atomic mass is 10.2. The number of benzene rings is 3. The van der Waals surface area contributed by atoms with Crippen LogP contribution >= 0.6 is 34.8 Å². The Kier molecular flexibility index (Phi) is 7.80. The van der Waals surface area contributed by atoms with Gasteiger partial charge in [0.25, 0.3) is 5.91 Å². The molecule has 0 radical (unpaired) electrons. The van der Waals surface area contributed by atoms with Crippen LogP contribution in [0.3, 0.4) is 0 Å². The lowest BCUT2D eigenvalue weighted by molar-refractivity contribution is -0.118. The molecule has 0 aliphatic rings. The fourth-order valence-electron chi connectivity index (χ4n) is 2.54. The Morgan fingerprint density at radius 2 is 1.65 bits per heavy atom. The Bertz CT molecular complexity index is 1190. The molecule has 0 unspecified atom stereocenters. The molecule has 3 aromatic rings. The number of sulfonamides is 1. The van der Waals surface area contributed by atoms with E-state index in [4.69, 9.17) is 39.5 Å². The second-order valence-corrected chi connectivity index (χ2v) is 9.38. The van der Waals surface area contributed by atoms with Crippen LogP contribution in [0, 0.1) is 0 Å². The second kappa shape index (κ2) is 10.3. The molecule has 162 valence electrons. The highest BCUT2D eigenvalue weighted by molar-refractivity contribution is 7.89. The Hall–Kier alpha value is -2.29. The van der Waals surface area contributed by atoms with Gasteiger partial charge in [0.15, 0.2) is 6.61 Å². The number of hydrogen-bond donors (Lipinski definition) is 2. The molecular formula is C21H17Cl3N2O4S. The van der Waals surface area contributed by atoms with Crippen LogP contribution in [0.4, 0.5) is 5.69 Å². The normalized spacial score (nSPS) is 11.2. The summed E-state index contributed by atoms with van der Waals surface area (Å²) in [5, 5.41) is 3.38. The van der Waals surface area contributed by atoms with Crippen LogP contribution in [0.5, 0.6) is 5.75 Å². The average molecular weight is 500 g/mol. The molecule has 6 nitrogen and oxygen atoms in total. The maximum absolute atomic E-state index is 12.5. The van der Waals surface area contributed by atoms with Gasteiger partial charge in [-0.25, -0.2) is 13.1 Å². The summed E-state index contributed by atoms with van der Waals surface area (Å²) >= 11 is 18.0. The van der Waals surface area contributed by atoms with Crippen molar-refractivity contribution in [2.24, 2.45) is 0 Å². The third-order valence-electron chi connectivity index (χ3n) is 4.09. The highest BCUT2D eigenvalue weighted by atomic mass is 35.5. The summed E-state index contributed by atoms with van der Waals surface area (Å²) in [4.78, 5) is 12.1. The Balaban J connectivity index is 1.60. The van der Waals surface area contributed by atoms with Gasteiger partial charge in [-0.3, -0.25) is 4.79 Å². The quantitative estimate of drug-likeness (QED) is 0.449. The number of rotatable bonds is 8. The van der Waals surface area contributed by atoms with E-state index in [2.05, 4.69) is 10.0 Å². The van der Waals surface area contributed by atoms with Gasteiger partial charge >= 0.3 is 0 Å². The topological polar surface area (TPSA) is 84.5 Å². The highest BCUT2D eigenvalue weighted by Crippen LogP contribution is 2.28. The van der Waals surface area contributed by atoms with Gasteiger partial charge in [0, 0.05) is 11.6 Å².